The minimum absolute atomic E-state index is 0.142. The van der Waals surface area contributed by atoms with Crippen molar-refractivity contribution in [3.05, 3.63) is 11.2 Å². The first kappa shape index (κ1) is 6.48. The molecule has 1 unspecified atom stereocenters. The molecular formula is C4H3ClF2N2. The molecule has 0 fully saturated rings. The Balaban J connectivity index is 2.70. The largest absolute Gasteiger partial charge is 0.321 e. The van der Waals surface area contributed by atoms with Crippen molar-refractivity contribution < 1.29 is 8.78 Å². The van der Waals surface area contributed by atoms with Gasteiger partial charge in [0.25, 0.3) is 6.09 Å². The number of aliphatic imine (C=N–C) groups is 1. The molecule has 1 rings (SSSR count). The number of hydrogen-bond acceptors (Lipinski definition) is 2. The fourth-order valence-electron chi connectivity index (χ4n) is 0.396. The Bertz CT molecular complexity index is 177. The van der Waals surface area contributed by atoms with Crippen molar-refractivity contribution in [1.82, 2.24) is 5.32 Å². The molecule has 0 aromatic rings. The summed E-state index contributed by atoms with van der Waals surface area (Å²) in [5.74, 6) is 0. The van der Waals surface area contributed by atoms with Crippen LogP contribution in [0.25, 0.3) is 0 Å². The fourth-order valence-corrected chi connectivity index (χ4v) is 0.499. The fraction of sp³-hybridized carbons (Fsp3) is 0.250. The summed E-state index contributed by atoms with van der Waals surface area (Å²) in [6.45, 7) is 0. The summed E-state index contributed by atoms with van der Waals surface area (Å²) in [5.41, 5.74) is 0. The maximum Gasteiger partial charge on any atom is 0.284 e. The molecular weight excluding hydrogens is 150 g/mol. The van der Waals surface area contributed by atoms with Crippen molar-refractivity contribution in [3.63, 3.8) is 0 Å². The number of alkyl halides is 1. The summed E-state index contributed by atoms with van der Waals surface area (Å²) in [7, 11) is 0. The summed E-state index contributed by atoms with van der Waals surface area (Å²) in [5, 5.41) is 1.87. The predicted molar refractivity (Wildman–Crippen MR) is 30.5 cm³/mol. The third-order valence-electron chi connectivity index (χ3n) is 0.783. The summed E-state index contributed by atoms with van der Waals surface area (Å²) in [4.78, 5) is 2.84. The Labute approximate surface area is 55.2 Å². The van der Waals surface area contributed by atoms with Gasteiger partial charge in [0.15, 0.2) is 0 Å². The number of amidine groups is 1. The second-order valence-electron chi connectivity index (χ2n) is 1.43. The van der Waals surface area contributed by atoms with Gasteiger partial charge in [0.1, 0.15) is 0 Å². The molecule has 0 amide bonds. The predicted octanol–water partition coefficient (Wildman–Crippen LogP) is 1.29. The van der Waals surface area contributed by atoms with E-state index in [0.717, 1.165) is 6.20 Å². The van der Waals surface area contributed by atoms with E-state index in [0.29, 0.717) is 0 Å². The van der Waals surface area contributed by atoms with E-state index in [1.807, 2.05) is 5.32 Å². The lowest BCUT2D eigenvalue weighted by Gasteiger charge is -2.07. The van der Waals surface area contributed by atoms with Gasteiger partial charge in [0.05, 0.1) is 5.03 Å². The number of hydrogen-bond donors (Lipinski definition) is 1. The molecule has 9 heavy (non-hydrogen) atoms. The van der Waals surface area contributed by atoms with Gasteiger partial charge in [-0.2, -0.15) is 9.38 Å². The number of halogens is 3. The SMILES string of the molecule is FC1=NC(F)C(Cl)=CN1. The minimum atomic E-state index is -1.74. The van der Waals surface area contributed by atoms with Crippen molar-refractivity contribution in [1.29, 1.82) is 0 Å². The van der Waals surface area contributed by atoms with Crippen LogP contribution in [0, 0.1) is 0 Å². The van der Waals surface area contributed by atoms with Gasteiger partial charge in [-0.05, 0) is 0 Å². The van der Waals surface area contributed by atoms with Crippen LogP contribution in [-0.2, 0) is 0 Å². The topological polar surface area (TPSA) is 24.4 Å². The standard InChI is InChI=1S/C4H3ClF2N2/c5-2-1-8-4(7)9-3(2)6/h1,3H,(H,8,9). The van der Waals surface area contributed by atoms with Gasteiger partial charge in [-0.3, -0.25) is 0 Å². The Morgan fingerprint density at radius 1 is 1.78 bits per heavy atom. The Morgan fingerprint density at radius 3 is 2.89 bits per heavy atom. The Kier molecular flexibility index (Phi) is 1.66. The molecule has 2 nitrogen and oxygen atoms in total. The van der Waals surface area contributed by atoms with E-state index in [1.165, 1.54) is 0 Å². The molecule has 0 aliphatic carbocycles. The number of rotatable bonds is 0. The highest BCUT2D eigenvalue weighted by Crippen LogP contribution is 2.14. The highest BCUT2D eigenvalue weighted by atomic mass is 35.5. The molecule has 0 radical (unpaired) electrons. The van der Waals surface area contributed by atoms with Crippen LogP contribution >= 0.6 is 11.6 Å². The van der Waals surface area contributed by atoms with Gasteiger partial charge < -0.3 is 5.32 Å². The maximum atomic E-state index is 12.2. The average molecular weight is 153 g/mol. The molecule has 0 aromatic carbocycles. The Hall–Kier alpha value is -0.640. The van der Waals surface area contributed by atoms with Gasteiger partial charge in [-0.25, -0.2) is 4.39 Å². The first-order chi connectivity index (χ1) is 4.20. The monoisotopic (exact) mass is 152 g/mol. The molecule has 50 valence electrons. The zero-order valence-corrected chi connectivity index (χ0v) is 4.99. The highest BCUT2D eigenvalue weighted by molar-refractivity contribution is 6.30. The highest BCUT2D eigenvalue weighted by Gasteiger charge is 2.14. The van der Waals surface area contributed by atoms with Crippen molar-refractivity contribution in [2.75, 3.05) is 0 Å². The van der Waals surface area contributed by atoms with Crippen LogP contribution in [0.15, 0.2) is 16.2 Å². The van der Waals surface area contributed by atoms with E-state index in [2.05, 4.69) is 4.99 Å². The first-order valence-electron chi connectivity index (χ1n) is 2.19. The minimum Gasteiger partial charge on any atom is -0.321 e. The molecule has 1 N–H and O–H groups in total. The van der Waals surface area contributed by atoms with Gasteiger partial charge in [0, 0.05) is 6.20 Å². The molecule has 1 aliphatic heterocycles. The van der Waals surface area contributed by atoms with Crippen LogP contribution in [-0.4, -0.2) is 12.4 Å². The van der Waals surface area contributed by atoms with Crippen molar-refractivity contribution in [3.8, 4) is 0 Å². The lowest BCUT2D eigenvalue weighted by molar-refractivity contribution is 0.397. The van der Waals surface area contributed by atoms with Gasteiger partial charge in [-0.15, -0.1) is 0 Å². The molecule has 0 aromatic heterocycles. The van der Waals surface area contributed by atoms with E-state index in [9.17, 15) is 8.78 Å². The molecule has 0 saturated carbocycles. The zero-order chi connectivity index (χ0) is 6.85. The van der Waals surface area contributed by atoms with E-state index in [-0.39, 0.29) is 5.03 Å². The first-order valence-corrected chi connectivity index (χ1v) is 2.57. The summed E-state index contributed by atoms with van der Waals surface area (Å²) < 4.78 is 24.1. The zero-order valence-electron chi connectivity index (χ0n) is 4.24. The van der Waals surface area contributed by atoms with Crippen LogP contribution in [0.4, 0.5) is 8.78 Å². The van der Waals surface area contributed by atoms with E-state index in [1.54, 1.807) is 0 Å². The molecule has 0 saturated heterocycles. The molecule has 1 aliphatic rings. The van der Waals surface area contributed by atoms with Crippen molar-refractivity contribution >= 4 is 17.7 Å². The lowest BCUT2D eigenvalue weighted by atomic mass is 10.5. The van der Waals surface area contributed by atoms with Crippen LogP contribution in [0.5, 0.6) is 0 Å². The third-order valence-corrected chi connectivity index (χ3v) is 1.07. The van der Waals surface area contributed by atoms with Crippen LogP contribution in [0.1, 0.15) is 0 Å². The summed E-state index contributed by atoms with van der Waals surface area (Å²) in [6.07, 6.45) is -1.67. The average Bonchev–Trinajstić information content (AvgIpc) is 1.80. The summed E-state index contributed by atoms with van der Waals surface area (Å²) >= 11 is 5.18. The van der Waals surface area contributed by atoms with Gasteiger partial charge in [-0.1, -0.05) is 11.6 Å². The second kappa shape index (κ2) is 2.31. The van der Waals surface area contributed by atoms with Gasteiger partial charge in [0.2, 0.25) is 6.30 Å². The lowest BCUT2D eigenvalue weighted by Crippen LogP contribution is -2.20. The Morgan fingerprint density at radius 2 is 2.44 bits per heavy atom. The van der Waals surface area contributed by atoms with E-state index in [4.69, 9.17) is 11.6 Å². The van der Waals surface area contributed by atoms with Crippen LogP contribution in [0.3, 0.4) is 0 Å². The quantitative estimate of drug-likeness (QED) is 0.520. The van der Waals surface area contributed by atoms with E-state index < -0.39 is 12.4 Å². The molecule has 1 atom stereocenters. The van der Waals surface area contributed by atoms with Crippen molar-refractivity contribution in [2.45, 2.75) is 6.30 Å². The molecule has 0 spiro atoms. The van der Waals surface area contributed by atoms with Crippen LogP contribution in [0.2, 0.25) is 0 Å². The normalized spacial score (nSPS) is 26.3. The van der Waals surface area contributed by atoms with Gasteiger partial charge >= 0.3 is 0 Å². The van der Waals surface area contributed by atoms with E-state index >= 15 is 0 Å². The molecule has 1 heterocycles. The number of nitrogens with one attached hydrogen (secondary N) is 1. The van der Waals surface area contributed by atoms with Crippen LogP contribution < -0.4 is 5.32 Å². The molecule has 5 heteroatoms. The second-order valence-corrected chi connectivity index (χ2v) is 1.87. The summed E-state index contributed by atoms with van der Waals surface area (Å²) in [6, 6.07) is 0. The maximum absolute atomic E-state index is 12.2. The smallest absolute Gasteiger partial charge is 0.284 e. The third kappa shape index (κ3) is 1.38. The molecule has 0 bridgehead atoms. The number of nitrogens with zero attached hydrogens (tertiary/aromatic N) is 1. The van der Waals surface area contributed by atoms with Crippen molar-refractivity contribution in [2.24, 2.45) is 4.99 Å².